The quantitative estimate of drug-likeness (QED) is 0.555. The van der Waals surface area contributed by atoms with Crippen LogP contribution in [0, 0.1) is 6.92 Å². The van der Waals surface area contributed by atoms with Gasteiger partial charge in [-0.3, -0.25) is 22.9 Å². The van der Waals surface area contributed by atoms with Gasteiger partial charge in [-0.25, -0.2) is 4.79 Å². The van der Waals surface area contributed by atoms with Gasteiger partial charge in [-0.1, -0.05) is 30.7 Å². The lowest BCUT2D eigenvalue weighted by molar-refractivity contribution is 0.592. The van der Waals surface area contributed by atoms with Gasteiger partial charge in [-0.15, -0.1) is 0 Å². The maximum atomic E-state index is 12.9. The lowest BCUT2D eigenvalue weighted by atomic mass is 10.3. The Morgan fingerprint density at radius 1 is 1.19 bits per heavy atom. The number of para-hydroxylation sites is 1. The topological polar surface area (TPSA) is 66.2 Å². The third-order valence-electron chi connectivity index (χ3n) is 4.57. The molecule has 0 aliphatic carbocycles. The Balaban J connectivity index is 2.17. The van der Waals surface area contributed by atoms with Crippen LogP contribution in [0.5, 0.6) is 0 Å². The Morgan fingerprint density at radius 2 is 1.92 bits per heavy atom. The van der Waals surface area contributed by atoms with Crippen molar-refractivity contribution in [3.8, 4) is 5.69 Å². The van der Waals surface area contributed by atoms with Gasteiger partial charge in [0.25, 0.3) is 5.56 Å². The number of rotatable bonds is 3. The summed E-state index contributed by atoms with van der Waals surface area (Å²) >= 11 is 6.36. The zero-order valence-electron chi connectivity index (χ0n) is 14.7. The lowest BCUT2D eigenvalue weighted by Gasteiger charge is -2.07. The van der Waals surface area contributed by atoms with Crippen molar-refractivity contribution in [2.75, 3.05) is 0 Å². The Morgan fingerprint density at radius 3 is 2.62 bits per heavy atom. The Bertz CT molecular complexity index is 1270. The summed E-state index contributed by atoms with van der Waals surface area (Å²) in [6.45, 7) is 4.23. The van der Waals surface area contributed by atoms with Crippen LogP contribution in [0.2, 0.25) is 5.02 Å². The van der Waals surface area contributed by atoms with Crippen molar-refractivity contribution < 1.29 is 0 Å². The van der Waals surface area contributed by atoms with Crippen LogP contribution in [0.15, 0.2) is 40.1 Å². The molecule has 0 aliphatic heterocycles. The number of hydrogen-bond acceptors (Lipinski definition) is 3. The Kier molecular flexibility index (Phi) is 3.77. The van der Waals surface area contributed by atoms with Crippen LogP contribution in [-0.4, -0.2) is 23.1 Å². The molecule has 0 spiro atoms. The van der Waals surface area contributed by atoms with Gasteiger partial charge in [0.15, 0.2) is 11.2 Å². The molecule has 8 heteroatoms. The van der Waals surface area contributed by atoms with Crippen molar-refractivity contribution >= 4 is 28.5 Å². The van der Waals surface area contributed by atoms with E-state index in [9.17, 15) is 9.59 Å². The molecule has 4 rings (SSSR count). The van der Waals surface area contributed by atoms with Crippen LogP contribution < -0.4 is 11.2 Å². The average Bonchev–Trinajstić information content (AvgIpc) is 3.12. The third-order valence-corrected chi connectivity index (χ3v) is 4.89. The van der Waals surface area contributed by atoms with Crippen LogP contribution >= 0.6 is 11.6 Å². The molecular weight excluding hydrogens is 354 g/mol. The molecule has 134 valence electrons. The van der Waals surface area contributed by atoms with Crippen LogP contribution in [-0.2, 0) is 13.6 Å². The van der Waals surface area contributed by atoms with Crippen molar-refractivity contribution in [3.63, 3.8) is 0 Å². The summed E-state index contributed by atoms with van der Waals surface area (Å²) < 4.78 is 6.31. The molecule has 0 saturated heterocycles. The predicted octanol–water partition coefficient (Wildman–Crippen LogP) is 2.51. The van der Waals surface area contributed by atoms with E-state index in [1.165, 1.54) is 9.13 Å². The summed E-state index contributed by atoms with van der Waals surface area (Å²) in [7, 11) is 1.63. The molecule has 0 amide bonds. The summed E-state index contributed by atoms with van der Waals surface area (Å²) in [4.78, 5) is 30.1. The molecule has 4 aromatic rings. The molecule has 3 aromatic heterocycles. The molecule has 7 nitrogen and oxygen atoms in total. The van der Waals surface area contributed by atoms with Gasteiger partial charge in [-0.2, -0.15) is 4.98 Å². The first-order chi connectivity index (χ1) is 12.5. The van der Waals surface area contributed by atoms with Gasteiger partial charge >= 0.3 is 5.69 Å². The van der Waals surface area contributed by atoms with Crippen LogP contribution in [0.25, 0.3) is 22.6 Å². The number of aryl methyl sites for hydroxylation is 2. The number of benzene rings is 1. The van der Waals surface area contributed by atoms with E-state index in [4.69, 9.17) is 11.6 Å². The van der Waals surface area contributed by atoms with Crippen molar-refractivity contribution in [2.45, 2.75) is 26.8 Å². The molecule has 0 unspecified atom stereocenters. The van der Waals surface area contributed by atoms with Crippen LogP contribution in [0.1, 0.15) is 19.0 Å². The maximum absolute atomic E-state index is 12.9. The Labute approximate surface area is 153 Å². The summed E-state index contributed by atoms with van der Waals surface area (Å²) in [6.07, 6.45) is 2.54. The second kappa shape index (κ2) is 5.88. The van der Waals surface area contributed by atoms with E-state index < -0.39 is 0 Å². The SMILES string of the molecule is CCCn1c(=O)c2c(nc3n(-c4ccccc4Cl)c(C)cn23)n(C)c1=O. The molecule has 0 saturated carbocycles. The standard InChI is InChI=1S/C18H18ClN5O2/c1-4-9-22-16(25)14-15(21(3)18(22)26)20-17-23(14)10-11(2)24(17)13-8-6-5-7-12(13)19/h5-8,10H,4,9H2,1-3H3. The predicted molar refractivity (Wildman–Crippen MR) is 102 cm³/mol. The highest BCUT2D eigenvalue weighted by atomic mass is 35.5. The Hall–Kier alpha value is -2.80. The minimum Gasteiger partial charge on any atom is -0.281 e. The summed E-state index contributed by atoms with van der Waals surface area (Å²) in [5.41, 5.74) is 1.74. The van der Waals surface area contributed by atoms with E-state index in [1.54, 1.807) is 17.5 Å². The second-order valence-corrected chi connectivity index (χ2v) is 6.72. The summed E-state index contributed by atoms with van der Waals surface area (Å²) in [5, 5.41) is 0.582. The first-order valence-corrected chi connectivity index (χ1v) is 8.78. The summed E-state index contributed by atoms with van der Waals surface area (Å²) in [6, 6.07) is 7.45. The highest BCUT2D eigenvalue weighted by molar-refractivity contribution is 6.32. The zero-order chi connectivity index (χ0) is 18.6. The molecule has 1 aromatic carbocycles. The van der Waals surface area contributed by atoms with Crippen LogP contribution in [0.4, 0.5) is 0 Å². The van der Waals surface area contributed by atoms with Crippen molar-refractivity contribution in [3.05, 3.63) is 62.0 Å². The van der Waals surface area contributed by atoms with E-state index in [-0.39, 0.29) is 11.2 Å². The average molecular weight is 372 g/mol. The molecule has 26 heavy (non-hydrogen) atoms. The van der Waals surface area contributed by atoms with Crippen molar-refractivity contribution in [2.24, 2.45) is 7.05 Å². The van der Waals surface area contributed by atoms with Crippen LogP contribution in [0.3, 0.4) is 0 Å². The smallest absolute Gasteiger partial charge is 0.281 e. The second-order valence-electron chi connectivity index (χ2n) is 6.31. The molecule has 0 fully saturated rings. The minimum atomic E-state index is -0.355. The third kappa shape index (κ3) is 2.17. The number of nitrogens with zero attached hydrogens (tertiary/aromatic N) is 5. The van der Waals surface area contributed by atoms with Gasteiger partial charge < -0.3 is 0 Å². The monoisotopic (exact) mass is 371 g/mol. The van der Waals surface area contributed by atoms with Crippen molar-refractivity contribution in [1.29, 1.82) is 0 Å². The number of aromatic nitrogens is 5. The number of imidazole rings is 2. The van der Waals surface area contributed by atoms with Gasteiger partial charge in [0.1, 0.15) is 0 Å². The number of fused-ring (bicyclic) bond motifs is 3. The molecule has 0 bridgehead atoms. The molecule has 0 N–H and O–H groups in total. The largest absolute Gasteiger partial charge is 0.332 e. The van der Waals surface area contributed by atoms with E-state index in [0.717, 1.165) is 11.4 Å². The van der Waals surface area contributed by atoms with Crippen molar-refractivity contribution in [1.82, 2.24) is 23.1 Å². The highest BCUT2D eigenvalue weighted by Gasteiger charge is 2.21. The van der Waals surface area contributed by atoms with E-state index in [2.05, 4.69) is 4.98 Å². The van der Waals surface area contributed by atoms with Gasteiger partial charge in [0, 0.05) is 25.5 Å². The highest BCUT2D eigenvalue weighted by Crippen LogP contribution is 2.25. The van der Waals surface area contributed by atoms with E-state index >= 15 is 0 Å². The molecule has 0 radical (unpaired) electrons. The maximum Gasteiger partial charge on any atom is 0.332 e. The molecule has 3 heterocycles. The molecular formula is C18H18ClN5O2. The fraction of sp³-hybridized carbons (Fsp3) is 0.278. The number of halogens is 1. The normalized spacial score (nSPS) is 11.7. The summed E-state index contributed by atoms with van der Waals surface area (Å²) in [5.74, 6) is 0.548. The first-order valence-electron chi connectivity index (χ1n) is 8.40. The van der Waals surface area contributed by atoms with Gasteiger partial charge in [-0.05, 0) is 25.5 Å². The van der Waals surface area contributed by atoms with Gasteiger partial charge in [0.05, 0.1) is 10.7 Å². The fourth-order valence-corrected chi connectivity index (χ4v) is 3.58. The number of hydrogen-bond donors (Lipinski definition) is 0. The van der Waals surface area contributed by atoms with Gasteiger partial charge in [0.2, 0.25) is 5.78 Å². The van der Waals surface area contributed by atoms with E-state index in [1.807, 2.05) is 42.8 Å². The molecule has 0 atom stereocenters. The molecule has 0 aliphatic rings. The lowest BCUT2D eigenvalue weighted by Crippen LogP contribution is -2.39. The minimum absolute atomic E-state index is 0.325. The first kappa shape index (κ1) is 16.7. The zero-order valence-corrected chi connectivity index (χ0v) is 15.5. The van der Waals surface area contributed by atoms with E-state index in [0.29, 0.717) is 34.9 Å². The fourth-order valence-electron chi connectivity index (χ4n) is 3.36.